The molecule has 0 aliphatic rings. The summed E-state index contributed by atoms with van der Waals surface area (Å²) in [6, 6.07) is 4.96. The largest absolute Gasteiger partial charge is 0.476 e. The third-order valence-electron chi connectivity index (χ3n) is 2.66. The molecule has 2 N–H and O–H groups in total. The van der Waals surface area contributed by atoms with Crippen molar-refractivity contribution < 1.29 is 23.1 Å². The molecule has 108 valence electrons. The smallest absolute Gasteiger partial charge is 0.389 e. The first-order chi connectivity index (χ1) is 9.38. The van der Waals surface area contributed by atoms with E-state index in [4.69, 9.17) is 5.11 Å². The molecule has 2 aromatic rings. The van der Waals surface area contributed by atoms with Gasteiger partial charge in [0.2, 0.25) is 0 Å². The van der Waals surface area contributed by atoms with E-state index in [-0.39, 0.29) is 24.5 Å². The average Bonchev–Trinajstić information content (AvgIpc) is 2.71. The van der Waals surface area contributed by atoms with E-state index in [1.807, 2.05) is 0 Å². The van der Waals surface area contributed by atoms with Crippen molar-refractivity contribution in [3.05, 3.63) is 30.1 Å². The van der Waals surface area contributed by atoms with Gasteiger partial charge in [0.05, 0.1) is 0 Å². The van der Waals surface area contributed by atoms with Crippen molar-refractivity contribution >= 4 is 17.4 Å². The lowest BCUT2D eigenvalue weighted by Gasteiger charge is -2.07. The van der Waals surface area contributed by atoms with Gasteiger partial charge >= 0.3 is 12.1 Å². The van der Waals surface area contributed by atoms with E-state index in [0.29, 0.717) is 5.65 Å². The second-order valence-electron chi connectivity index (χ2n) is 4.19. The van der Waals surface area contributed by atoms with Gasteiger partial charge in [0, 0.05) is 19.2 Å². The Morgan fingerprint density at radius 1 is 1.40 bits per heavy atom. The second-order valence-corrected chi connectivity index (χ2v) is 4.19. The van der Waals surface area contributed by atoms with E-state index >= 15 is 0 Å². The van der Waals surface area contributed by atoms with Crippen molar-refractivity contribution in [2.75, 3.05) is 11.9 Å². The van der Waals surface area contributed by atoms with Gasteiger partial charge in [-0.15, -0.1) is 0 Å². The van der Waals surface area contributed by atoms with Crippen molar-refractivity contribution in [2.45, 2.75) is 19.0 Å². The summed E-state index contributed by atoms with van der Waals surface area (Å²) in [5.74, 6) is -1.12. The molecule has 2 rings (SSSR count). The molecule has 0 atom stereocenters. The van der Waals surface area contributed by atoms with Gasteiger partial charge in [-0.3, -0.25) is 4.40 Å². The highest BCUT2D eigenvalue weighted by Gasteiger charge is 2.26. The van der Waals surface area contributed by atoms with Crippen molar-refractivity contribution in [2.24, 2.45) is 0 Å². The maximum atomic E-state index is 12.0. The predicted octanol–water partition coefficient (Wildman–Crippen LogP) is 2.79. The molecule has 0 radical (unpaired) electrons. The van der Waals surface area contributed by atoms with Gasteiger partial charge in [0.1, 0.15) is 5.65 Å². The summed E-state index contributed by atoms with van der Waals surface area (Å²) in [5, 5.41) is 11.8. The van der Waals surface area contributed by atoms with Crippen LogP contribution in [-0.2, 0) is 0 Å². The van der Waals surface area contributed by atoms with Crippen LogP contribution in [0.25, 0.3) is 5.65 Å². The summed E-state index contributed by atoms with van der Waals surface area (Å²) in [5.41, 5.74) is 0.329. The first-order valence-corrected chi connectivity index (χ1v) is 5.89. The van der Waals surface area contributed by atoms with E-state index < -0.39 is 18.6 Å². The Morgan fingerprint density at radius 3 is 2.80 bits per heavy atom. The number of aromatic nitrogens is 2. The van der Waals surface area contributed by atoms with Crippen LogP contribution in [0.15, 0.2) is 24.4 Å². The SMILES string of the molecule is O=C(O)c1c(NCCCC(F)(F)F)nc2ccccn12. The van der Waals surface area contributed by atoms with Crippen molar-refractivity contribution in [1.82, 2.24) is 9.38 Å². The highest BCUT2D eigenvalue weighted by molar-refractivity contribution is 5.92. The molecule has 20 heavy (non-hydrogen) atoms. The molecule has 5 nitrogen and oxygen atoms in total. The van der Waals surface area contributed by atoms with E-state index in [9.17, 15) is 18.0 Å². The molecule has 0 unspecified atom stereocenters. The van der Waals surface area contributed by atoms with Gasteiger partial charge in [0.25, 0.3) is 0 Å². The molecule has 0 saturated carbocycles. The van der Waals surface area contributed by atoms with Crippen LogP contribution in [0.1, 0.15) is 23.3 Å². The van der Waals surface area contributed by atoms with Crippen LogP contribution in [-0.4, -0.2) is 33.2 Å². The lowest BCUT2D eigenvalue weighted by atomic mass is 10.3. The molecule has 0 fully saturated rings. The number of hydrogen-bond acceptors (Lipinski definition) is 3. The Labute approximate surface area is 112 Å². The molecule has 2 heterocycles. The number of nitrogens with zero attached hydrogens (tertiary/aromatic N) is 2. The van der Waals surface area contributed by atoms with Gasteiger partial charge in [0.15, 0.2) is 11.5 Å². The minimum atomic E-state index is -4.21. The molecule has 0 spiro atoms. The Hall–Kier alpha value is -2.25. The molecule has 8 heteroatoms. The van der Waals surface area contributed by atoms with Gasteiger partial charge in [-0.25, -0.2) is 9.78 Å². The number of anilines is 1. The number of hydrogen-bond donors (Lipinski definition) is 2. The van der Waals surface area contributed by atoms with Crippen molar-refractivity contribution in [3.8, 4) is 0 Å². The van der Waals surface area contributed by atoms with E-state index in [2.05, 4.69) is 10.3 Å². The molecule has 0 saturated heterocycles. The van der Waals surface area contributed by atoms with Crippen LogP contribution in [0.2, 0.25) is 0 Å². The first-order valence-electron chi connectivity index (χ1n) is 5.89. The fourth-order valence-corrected chi connectivity index (χ4v) is 1.82. The average molecular weight is 287 g/mol. The number of carboxylic acid groups (broad SMARTS) is 1. The number of pyridine rings is 1. The highest BCUT2D eigenvalue weighted by atomic mass is 19.4. The zero-order valence-corrected chi connectivity index (χ0v) is 10.3. The number of halogens is 3. The van der Waals surface area contributed by atoms with Crippen LogP contribution >= 0.6 is 0 Å². The number of aromatic carboxylic acids is 1. The molecule has 0 aliphatic carbocycles. The summed E-state index contributed by atoms with van der Waals surface area (Å²) in [7, 11) is 0. The number of rotatable bonds is 5. The zero-order chi connectivity index (χ0) is 14.8. The maximum Gasteiger partial charge on any atom is 0.389 e. The predicted molar refractivity (Wildman–Crippen MR) is 65.9 cm³/mol. The van der Waals surface area contributed by atoms with Gasteiger partial charge < -0.3 is 10.4 Å². The Balaban J connectivity index is 2.13. The Morgan fingerprint density at radius 2 is 2.15 bits per heavy atom. The molecular weight excluding hydrogens is 275 g/mol. The third kappa shape index (κ3) is 3.19. The van der Waals surface area contributed by atoms with E-state index in [1.54, 1.807) is 18.2 Å². The Bertz CT molecular complexity index is 622. The van der Waals surface area contributed by atoms with Crippen LogP contribution in [0, 0.1) is 0 Å². The molecule has 0 amide bonds. The Kier molecular flexibility index (Phi) is 3.82. The van der Waals surface area contributed by atoms with E-state index in [1.165, 1.54) is 10.6 Å². The minimum absolute atomic E-state index is 0.00364. The van der Waals surface area contributed by atoms with Crippen LogP contribution in [0.5, 0.6) is 0 Å². The monoisotopic (exact) mass is 287 g/mol. The standard InChI is InChI=1S/C12H12F3N3O2/c13-12(14,15)5-3-6-16-10-9(11(19)20)18-7-2-1-4-8(18)17-10/h1-2,4,7,16H,3,5-6H2,(H,19,20). The number of fused-ring (bicyclic) bond motifs is 1. The summed E-state index contributed by atoms with van der Waals surface area (Å²) in [4.78, 5) is 15.3. The van der Waals surface area contributed by atoms with Crippen LogP contribution in [0.3, 0.4) is 0 Å². The maximum absolute atomic E-state index is 12.0. The number of imidazole rings is 1. The zero-order valence-electron chi connectivity index (χ0n) is 10.3. The molecule has 2 aromatic heterocycles. The van der Waals surface area contributed by atoms with Crippen LogP contribution < -0.4 is 5.32 Å². The van der Waals surface area contributed by atoms with Gasteiger partial charge in [-0.05, 0) is 18.6 Å². The fraction of sp³-hybridized carbons (Fsp3) is 0.333. The van der Waals surface area contributed by atoms with Crippen molar-refractivity contribution in [1.29, 1.82) is 0 Å². The highest BCUT2D eigenvalue weighted by Crippen LogP contribution is 2.22. The molecule has 0 aliphatic heterocycles. The number of carboxylic acids is 1. The van der Waals surface area contributed by atoms with Crippen molar-refractivity contribution in [3.63, 3.8) is 0 Å². The number of nitrogens with one attached hydrogen (secondary N) is 1. The molecule has 0 bridgehead atoms. The lowest BCUT2D eigenvalue weighted by molar-refractivity contribution is -0.134. The lowest BCUT2D eigenvalue weighted by Crippen LogP contribution is -2.13. The number of alkyl halides is 3. The third-order valence-corrected chi connectivity index (χ3v) is 2.66. The summed E-state index contributed by atoms with van der Waals surface area (Å²) < 4.78 is 37.4. The molecule has 0 aromatic carbocycles. The fourth-order valence-electron chi connectivity index (χ4n) is 1.82. The van der Waals surface area contributed by atoms with Gasteiger partial charge in [-0.2, -0.15) is 13.2 Å². The minimum Gasteiger partial charge on any atom is -0.476 e. The first kappa shape index (κ1) is 14.2. The quantitative estimate of drug-likeness (QED) is 0.830. The summed E-state index contributed by atoms with van der Waals surface area (Å²) in [6.07, 6.45) is -3.74. The molecular formula is C12H12F3N3O2. The topological polar surface area (TPSA) is 66.6 Å². The second kappa shape index (κ2) is 5.40. The number of carbonyl (C=O) groups is 1. The van der Waals surface area contributed by atoms with Crippen LogP contribution in [0.4, 0.5) is 19.0 Å². The summed E-state index contributed by atoms with van der Waals surface area (Å²) in [6.45, 7) is 0.00364. The normalized spacial score (nSPS) is 11.8. The van der Waals surface area contributed by atoms with Gasteiger partial charge in [-0.1, -0.05) is 6.07 Å². The van der Waals surface area contributed by atoms with E-state index in [0.717, 1.165) is 0 Å². The summed E-state index contributed by atoms with van der Waals surface area (Å²) >= 11 is 0.